The van der Waals surface area contributed by atoms with Crippen molar-refractivity contribution in [2.24, 2.45) is 0 Å². The minimum Gasteiger partial charge on any atom is -0.368 e. The average molecular weight is 211 g/mol. The van der Waals surface area contributed by atoms with Crippen LogP contribution in [0.1, 0.15) is 0 Å². The summed E-state index contributed by atoms with van der Waals surface area (Å²) in [4.78, 5) is 7.81. The number of nitrogen functional groups attached to an aromatic ring is 1. The van der Waals surface area contributed by atoms with Crippen LogP contribution in [0, 0.1) is 0 Å². The standard InChI is InChI=1S/C6H5N5S2/c7-5-8-2-1-4(10-5)13-6-11-9-3-12-6/h1-3H,(H2,7,8,10). The van der Waals surface area contributed by atoms with E-state index in [1.807, 2.05) is 0 Å². The largest absolute Gasteiger partial charge is 0.368 e. The molecule has 0 aromatic carbocycles. The van der Waals surface area contributed by atoms with Crippen molar-refractivity contribution < 1.29 is 0 Å². The maximum absolute atomic E-state index is 5.42. The highest BCUT2D eigenvalue weighted by atomic mass is 32.2. The first-order chi connectivity index (χ1) is 6.34. The van der Waals surface area contributed by atoms with E-state index in [1.54, 1.807) is 17.8 Å². The molecule has 0 aliphatic heterocycles. The Labute approximate surface area is 82.4 Å². The summed E-state index contributed by atoms with van der Waals surface area (Å²) in [5.74, 6) is 0.273. The minimum absolute atomic E-state index is 0.273. The van der Waals surface area contributed by atoms with Crippen LogP contribution in [0.4, 0.5) is 5.95 Å². The van der Waals surface area contributed by atoms with Crippen LogP contribution in [-0.2, 0) is 0 Å². The van der Waals surface area contributed by atoms with Crippen LogP contribution in [0.5, 0.6) is 0 Å². The zero-order valence-electron chi connectivity index (χ0n) is 6.41. The molecule has 2 aromatic heterocycles. The third-order valence-corrected chi connectivity index (χ3v) is 2.90. The third-order valence-electron chi connectivity index (χ3n) is 1.18. The summed E-state index contributed by atoms with van der Waals surface area (Å²) >= 11 is 2.89. The van der Waals surface area contributed by atoms with E-state index in [-0.39, 0.29) is 5.95 Å². The Morgan fingerprint density at radius 2 is 2.38 bits per heavy atom. The summed E-state index contributed by atoms with van der Waals surface area (Å²) < 4.78 is 0.845. The van der Waals surface area contributed by atoms with Crippen LogP contribution < -0.4 is 5.73 Å². The summed E-state index contributed by atoms with van der Waals surface area (Å²) in [6, 6.07) is 1.78. The van der Waals surface area contributed by atoms with Gasteiger partial charge >= 0.3 is 0 Å². The fourth-order valence-electron chi connectivity index (χ4n) is 0.710. The fraction of sp³-hybridized carbons (Fsp3) is 0. The molecule has 0 aliphatic rings. The van der Waals surface area contributed by atoms with Crippen LogP contribution in [0.25, 0.3) is 0 Å². The second kappa shape index (κ2) is 3.67. The Hall–Kier alpha value is -1.21. The van der Waals surface area contributed by atoms with Gasteiger partial charge in [0.25, 0.3) is 0 Å². The topological polar surface area (TPSA) is 77.6 Å². The lowest BCUT2D eigenvalue weighted by Gasteiger charge is -1.95. The van der Waals surface area contributed by atoms with E-state index in [1.165, 1.54) is 23.1 Å². The molecule has 7 heteroatoms. The zero-order valence-corrected chi connectivity index (χ0v) is 8.05. The predicted octanol–water partition coefficient (Wildman–Crippen LogP) is 1.06. The van der Waals surface area contributed by atoms with Gasteiger partial charge in [-0.3, -0.25) is 0 Å². The van der Waals surface area contributed by atoms with Crippen LogP contribution in [0.2, 0.25) is 0 Å². The molecule has 2 heterocycles. The van der Waals surface area contributed by atoms with Crippen molar-refractivity contribution in [1.29, 1.82) is 0 Å². The molecule has 2 N–H and O–H groups in total. The molecule has 0 amide bonds. The molecule has 66 valence electrons. The first-order valence-electron chi connectivity index (χ1n) is 3.37. The highest BCUT2D eigenvalue weighted by molar-refractivity contribution is 8.00. The van der Waals surface area contributed by atoms with Crippen LogP contribution >= 0.6 is 23.1 Å². The smallest absolute Gasteiger partial charge is 0.221 e. The van der Waals surface area contributed by atoms with E-state index in [0.717, 1.165) is 9.37 Å². The van der Waals surface area contributed by atoms with Crippen LogP contribution in [0.15, 0.2) is 27.1 Å². The Bertz CT molecular complexity index is 388. The first kappa shape index (κ1) is 8.39. The summed E-state index contributed by atoms with van der Waals surface area (Å²) in [5.41, 5.74) is 7.09. The van der Waals surface area contributed by atoms with E-state index < -0.39 is 0 Å². The highest BCUT2D eigenvalue weighted by Crippen LogP contribution is 2.26. The third kappa shape index (κ3) is 2.13. The monoisotopic (exact) mass is 211 g/mol. The summed E-state index contributed by atoms with van der Waals surface area (Å²) in [6.45, 7) is 0. The quantitative estimate of drug-likeness (QED) is 0.748. The number of hydrogen-bond donors (Lipinski definition) is 1. The molecule has 0 saturated heterocycles. The molecule has 2 aromatic rings. The number of anilines is 1. The summed E-state index contributed by atoms with van der Waals surface area (Å²) in [7, 11) is 0. The van der Waals surface area contributed by atoms with Gasteiger partial charge in [0, 0.05) is 6.20 Å². The lowest BCUT2D eigenvalue weighted by molar-refractivity contribution is 1.00. The van der Waals surface area contributed by atoms with Crippen molar-refractivity contribution in [3.8, 4) is 0 Å². The summed E-state index contributed by atoms with van der Waals surface area (Å²) in [6.07, 6.45) is 1.62. The van der Waals surface area contributed by atoms with Gasteiger partial charge in [-0.1, -0.05) is 11.3 Å². The molecule has 0 saturated carbocycles. The number of nitrogens with two attached hydrogens (primary N) is 1. The molecule has 0 bridgehead atoms. The van der Waals surface area contributed by atoms with Gasteiger partial charge in [0.2, 0.25) is 5.95 Å². The van der Waals surface area contributed by atoms with Crippen molar-refractivity contribution >= 4 is 29.0 Å². The van der Waals surface area contributed by atoms with Gasteiger partial charge < -0.3 is 5.73 Å². The van der Waals surface area contributed by atoms with Gasteiger partial charge in [0.05, 0.1) is 0 Å². The molecule has 0 atom stereocenters. The van der Waals surface area contributed by atoms with Crippen molar-refractivity contribution in [1.82, 2.24) is 20.2 Å². The summed E-state index contributed by atoms with van der Waals surface area (Å²) in [5, 5.41) is 8.37. The van der Waals surface area contributed by atoms with E-state index in [9.17, 15) is 0 Å². The molecule has 13 heavy (non-hydrogen) atoms. The second-order valence-corrected chi connectivity index (χ2v) is 4.16. The number of nitrogens with zero attached hydrogens (tertiary/aromatic N) is 4. The van der Waals surface area contributed by atoms with Crippen molar-refractivity contribution in [2.45, 2.75) is 9.37 Å². The van der Waals surface area contributed by atoms with Gasteiger partial charge in [0.15, 0.2) is 4.34 Å². The second-order valence-electron chi connectivity index (χ2n) is 2.06. The van der Waals surface area contributed by atoms with Gasteiger partial charge in [-0.15, -0.1) is 10.2 Å². The number of rotatable bonds is 2. The normalized spacial score (nSPS) is 10.2. The SMILES string of the molecule is Nc1nccc(Sc2nncs2)n1. The average Bonchev–Trinajstić information content (AvgIpc) is 2.57. The molecule has 0 spiro atoms. The number of aromatic nitrogens is 4. The highest BCUT2D eigenvalue weighted by Gasteiger charge is 2.01. The van der Waals surface area contributed by atoms with Crippen molar-refractivity contribution in [3.05, 3.63) is 17.8 Å². The van der Waals surface area contributed by atoms with Crippen molar-refractivity contribution in [2.75, 3.05) is 5.73 Å². The molecule has 0 aliphatic carbocycles. The molecular formula is C6H5N5S2. The zero-order chi connectivity index (χ0) is 9.10. The molecule has 0 unspecified atom stereocenters. The van der Waals surface area contributed by atoms with Crippen LogP contribution in [-0.4, -0.2) is 20.2 Å². The van der Waals surface area contributed by atoms with Crippen molar-refractivity contribution in [3.63, 3.8) is 0 Å². The fourth-order valence-corrected chi connectivity index (χ4v) is 2.10. The predicted molar refractivity (Wildman–Crippen MR) is 50.5 cm³/mol. The Balaban J connectivity index is 2.19. The Morgan fingerprint density at radius 1 is 1.46 bits per heavy atom. The molecular weight excluding hydrogens is 206 g/mol. The van der Waals surface area contributed by atoms with Gasteiger partial charge in [0.1, 0.15) is 10.5 Å². The van der Waals surface area contributed by atoms with Gasteiger partial charge in [-0.2, -0.15) is 0 Å². The first-order valence-corrected chi connectivity index (χ1v) is 5.07. The number of hydrogen-bond acceptors (Lipinski definition) is 7. The lowest BCUT2D eigenvalue weighted by Crippen LogP contribution is -1.93. The maximum Gasteiger partial charge on any atom is 0.221 e. The Morgan fingerprint density at radius 3 is 3.08 bits per heavy atom. The van der Waals surface area contributed by atoms with Gasteiger partial charge in [-0.25, -0.2) is 9.97 Å². The van der Waals surface area contributed by atoms with E-state index in [4.69, 9.17) is 5.73 Å². The minimum atomic E-state index is 0.273. The van der Waals surface area contributed by atoms with E-state index in [0.29, 0.717) is 0 Å². The van der Waals surface area contributed by atoms with Crippen LogP contribution in [0.3, 0.4) is 0 Å². The lowest BCUT2D eigenvalue weighted by atomic mass is 10.7. The van der Waals surface area contributed by atoms with E-state index in [2.05, 4.69) is 20.2 Å². The van der Waals surface area contributed by atoms with Gasteiger partial charge in [-0.05, 0) is 17.8 Å². The maximum atomic E-state index is 5.42. The Kier molecular flexibility index (Phi) is 2.37. The molecule has 0 radical (unpaired) electrons. The molecule has 2 rings (SSSR count). The molecule has 0 fully saturated rings. The molecule has 5 nitrogen and oxygen atoms in total. The van der Waals surface area contributed by atoms with E-state index >= 15 is 0 Å².